The predicted octanol–water partition coefficient (Wildman–Crippen LogP) is 1.22. The van der Waals surface area contributed by atoms with Crippen molar-refractivity contribution in [3.8, 4) is 0 Å². The summed E-state index contributed by atoms with van der Waals surface area (Å²) in [6.45, 7) is 2.37. The molecule has 0 aliphatic carbocycles. The molecule has 4 nitrogen and oxygen atoms in total. The van der Waals surface area contributed by atoms with Gasteiger partial charge < -0.3 is 15.5 Å². The van der Waals surface area contributed by atoms with Crippen molar-refractivity contribution in [2.45, 2.75) is 6.92 Å². The van der Waals surface area contributed by atoms with Gasteiger partial charge in [-0.1, -0.05) is 6.07 Å². The minimum absolute atomic E-state index is 0.0213. The van der Waals surface area contributed by atoms with Crippen molar-refractivity contribution >= 4 is 17.3 Å². The smallest absolute Gasteiger partial charge is 0.239 e. The summed E-state index contributed by atoms with van der Waals surface area (Å²) in [6, 6.07) is 6.06. The van der Waals surface area contributed by atoms with Crippen LogP contribution >= 0.6 is 0 Å². The molecule has 16 heavy (non-hydrogen) atoms. The molecule has 0 aromatic heterocycles. The molecule has 1 aromatic rings. The Hall–Kier alpha value is -1.71. The standard InChI is InChI=1S/C12H19N3O/c1-9-5-6-10(7-11(9)15(3)4)14-8-12(16)13-2/h5-7,14H,8H2,1-4H3,(H,13,16). The highest BCUT2D eigenvalue weighted by molar-refractivity contribution is 5.80. The van der Waals surface area contributed by atoms with E-state index in [1.165, 1.54) is 5.56 Å². The maximum Gasteiger partial charge on any atom is 0.239 e. The molecule has 0 aliphatic heterocycles. The van der Waals surface area contributed by atoms with E-state index in [0.717, 1.165) is 11.4 Å². The van der Waals surface area contributed by atoms with Gasteiger partial charge >= 0.3 is 0 Å². The third kappa shape index (κ3) is 3.15. The number of rotatable bonds is 4. The Balaban J connectivity index is 2.75. The van der Waals surface area contributed by atoms with Crippen LogP contribution in [-0.2, 0) is 4.79 Å². The number of nitrogens with one attached hydrogen (secondary N) is 2. The average Bonchev–Trinajstić information content (AvgIpc) is 2.27. The van der Waals surface area contributed by atoms with Crippen molar-refractivity contribution in [2.75, 3.05) is 37.9 Å². The Morgan fingerprint density at radius 3 is 2.62 bits per heavy atom. The third-order valence-corrected chi connectivity index (χ3v) is 2.42. The number of likely N-dealkylation sites (N-methyl/N-ethyl adjacent to an activating group) is 1. The number of amides is 1. The number of hydrogen-bond donors (Lipinski definition) is 2. The summed E-state index contributed by atoms with van der Waals surface area (Å²) in [6.07, 6.45) is 0. The number of aryl methyl sites for hydroxylation is 1. The van der Waals surface area contributed by atoms with Gasteiger partial charge in [-0.3, -0.25) is 4.79 Å². The van der Waals surface area contributed by atoms with Gasteiger partial charge in [-0.25, -0.2) is 0 Å². The normalized spacial score (nSPS) is 9.75. The Kier molecular flexibility index (Phi) is 4.17. The fourth-order valence-electron chi connectivity index (χ4n) is 1.47. The van der Waals surface area contributed by atoms with E-state index >= 15 is 0 Å². The van der Waals surface area contributed by atoms with E-state index in [9.17, 15) is 4.79 Å². The molecule has 88 valence electrons. The zero-order valence-corrected chi connectivity index (χ0v) is 10.3. The van der Waals surface area contributed by atoms with Gasteiger partial charge in [0.1, 0.15) is 0 Å². The second-order valence-electron chi connectivity index (χ2n) is 3.92. The predicted molar refractivity (Wildman–Crippen MR) is 68.1 cm³/mol. The van der Waals surface area contributed by atoms with Crippen molar-refractivity contribution in [2.24, 2.45) is 0 Å². The van der Waals surface area contributed by atoms with E-state index in [1.807, 2.05) is 32.3 Å². The summed E-state index contributed by atoms with van der Waals surface area (Å²) in [4.78, 5) is 13.1. The van der Waals surface area contributed by atoms with Gasteiger partial charge in [0.25, 0.3) is 0 Å². The van der Waals surface area contributed by atoms with Crippen LogP contribution in [0.2, 0.25) is 0 Å². The monoisotopic (exact) mass is 221 g/mol. The number of carbonyl (C=O) groups excluding carboxylic acids is 1. The fourth-order valence-corrected chi connectivity index (χ4v) is 1.47. The summed E-state index contributed by atoms with van der Waals surface area (Å²) >= 11 is 0. The summed E-state index contributed by atoms with van der Waals surface area (Å²) in [5, 5.41) is 5.65. The van der Waals surface area contributed by atoms with Crippen molar-refractivity contribution < 1.29 is 4.79 Å². The molecule has 0 fully saturated rings. The molecule has 0 spiro atoms. The highest BCUT2D eigenvalue weighted by Gasteiger charge is 2.03. The van der Waals surface area contributed by atoms with Crippen LogP contribution in [0.4, 0.5) is 11.4 Å². The molecule has 0 unspecified atom stereocenters. The van der Waals surface area contributed by atoms with Crippen LogP contribution in [0.25, 0.3) is 0 Å². The van der Waals surface area contributed by atoms with Crippen molar-refractivity contribution in [1.29, 1.82) is 0 Å². The molecule has 0 saturated heterocycles. The highest BCUT2D eigenvalue weighted by Crippen LogP contribution is 2.22. The first kappa shape index (κ1) is 12.4. The molecule has 0 radical (unpaired) electrons. The molecule has 0 aliphatic rings. The van der Waals surface area contributed by atoms with Crippen molar-refractivity contribution in [3.05, 3.63) is 23.8 Å². The quantitative estimate of drug-likeness (QED) is 0.803. The topological polar surface area (TPSA) is 44.4 Å². The van der Waals surface area contributed by atoms with Crippen LogP contribution in [0.1, 0.15) is 5.56 Å². The van der Waals surface area contributed by atoms with E-state index in [4.69, 9.17) is 0 Å². The second-order valence-corrected chi connectivity index (χ2v) is 3.92. The molecule has 2 N–H and O–H groups in total. The highest BCUT2D eigenvalue weighted by atomic mass is 16.1. The maximum absolute atomic E-state index is 11.1. The molecule has 0 saturated carbocycles. The number of anilines is 2. The summed E-state index contributed by atoms with van der Waals surface area (Å²) in [5.74, 6) is -0.0213. The molecule has 0 atom stereocenters. The van der Waals surface area contributed by atoms with Gasteiger partial charge in [0.2, 0.25) is 5.91 Å². The molecule has 1 rings (SSSR count). The molecule has 1 aromatic carbocycles. The van der Waals surface area contributed by atoms with E-state index in [-0.39, 0.29) is 5.91 Å². The van der Waals surface area contributed by atoms with Gasteiger partial charge in [0.15, 0.2) is 0 Å². The van der Waals surface area contributed by atoms with Crippen LogP contribution in [-0.4, -0.2) is 33.6 Å². The number of hydrogen-bond acceptors (Lipinski definition) is 3. The Bertz CT molecular complexity index is 375. The Morgan fingerprint density at radius 1 is 1.38 bits per heavy atom. The van der Waals surface area contributed by atoms with Crippen LogP contribution in [0, 0.1) is 6.92 Å². The lowest BCUT2D eigenvalue weighted by atomic mass is 10.1. The lowest BCUT2D eigenvalue weighted by Gasteiger charge is -2.17. The summed E-state index contributed by atoms with van der Waals surface area (Å²) in [7, 11) is 5.64. The first-order valence-corrected chi connectivity index (χ1v) is 5.27. The molecular formula is C12H19N3O. The molecule has 0 heterocycles. The molecule has 1 amide bonds. The van der Waals surface area contributed by atoms with E-state index in [1.54, 1.807) is 7.05 Å². The van der Waals surface area contributed by atoms with Crippen molar-refractivity contribution in [1.82, 2.24) is 5.32 Å². The minimum atomic E-state index is -0.0213. The number of carbonyl (C=O) groups is 1. The molecule has 4 heteroatoms. The first-order chi connectivity index (χ1) is 7.54. The molecule has 0 bridgehead atoms. The van der Waals surface area contributed by atoms with E-state index in [0.29, 0.717) is 6.54 Å². The summed E-state index contributed by atoms with van der Waals surface area (Å²) < 4.78 is 0. The molecular weight excluding hydrogens is 202 g/mol. The third-order valence-electron chi connectivity index (χ3n) is 2.42. The van der Waals surface area contributed by atoms with Gasteiger partial charge in [-0.05, 0) is 24.6 Å². The zero-order valence-electron chi connectivity index (χ0n) is 10.3. The van der Waals surface area contributed by atoms with Crippen molar-refractivity contribution in [3.63, 3.8) is 0 Å². The van der Waals surface area contributed by atoms with Crippen LogP contribution in [0.15, 0.2) is 18.2 Å². The first-order valence-electron chi connectivity index (χ1n) is 5.27. The number of nitrogens with zero attached hydrogens (tertiary/aromatic N) is 1. The lowest BCUT2D eigenvalue weighted by Crippen LogP contribution is -2.26. The largest absolute Gasteiger partial charge is 0.377 e. The van der Waals surface area contributed by atoms with Gasteiger partial charge in [-0.15, -0.1) is 0 Å². The van der Waals surface area contributed by atoms with Gasteiger partial charge in [-0.2, -0.15) is 0 Å². The summed E-state index contributed by atoms with van der Waals surface area (Å²) in [5.41, 5.74) is 3.33. The zero-order chi connectivity index (χ0) is 12.1. The average molecular weight is 221 g/mol. The van der Waals surface area contributed by atoms with Crippen LogP contribution in [0.3, 0.4) is 0 Å². The minimum Gasteiger partial charge on any atom is -0.377 e. The number of benzene rings is 1. The maximum atomic E-state index is 11.1. The SMILES string of the molecule is CNC(=O)CNc1ccc(C)c(N(C)C)c1. The van der Waals surface area contributed by atoms with Gasteiger partial charge in [0.05, 0.1) is 6.54 Å². The van der Waals surface area contributed by atoms with E-state index in [2.05, 4.69) is 22.5 Å². The van der Waals surface area contributed by atoms with Crippen LogP contribution in [0.5, 0.6) is 0 Å². The Morgan fingerprint density at radius 2 is 2.06 bits per heavy atom. The fraction of sp³-hybridized carbons (Fsp3) is 0.417. The second kappa shape index (κ2) is 5.39. The van der Waals surface area contributed by atoms with E-state index < -0.39 is 0 Å². The lowest BCUT2D eigenvalue weighted by molar-refractivity contribution is -0.118. The Labute approximate surface area is 96.6 Å². The van der Waals surface area contributed by atoms with Gasteiger partial charge in [0, 0.05) is 32.5 Å². The van der Waals surface area contributed by atoms with Crippen LogP contribution < -0.4 is 15.5 Å².